The number of hydrogen-bond donors (Lipinski definition) is 2. The van der Waals surface area contributed by atoms with Crippen molar-refractivity contribution in [1.82, 2.24) is 5.43 Å². The lowest BCUT2D eigenvalue weighted by molar-refractivity contribution is 0.255. The van der Waals surface area contributed by atoms with Gasteiger partial charge in [-0.1, -0.05) is 26.2 Å². The van der Waals surface area contributed by atoms with Crippen molar-refractivity contribution in [3.05, 3.63) is 0 Å². The molecule has 1 rings (SSSR count). The predicted octanol–water partition coefficient (Wildman–Crippen LogP) is 1.67. The van der Waals surface area contributed by atoms with Crippen molar-refractivity contribution in [2.45, 2.75) is 39.0 Å². The van der Waals surface area contributed by atoms with Gasteiger partial charge in [-0.2, -0.15) is 0 Å². The predicted molar refractivity (Wildman–Crippen MR) is 47.9 cm³/mol. The van der Waals surface area contributed by atoms with Crippen molar-refractivity contribution in [1.29, 1.82) is 0 Å². The molecular weight excluding hydrogens is 136 g/mol. The van der Waals surface area contributed by atoms with E-state index in [9.17, 15) is 0 Å². The molecule has 66 valence electrons. The molecule has 0 spiro atoms. The van der Waals surface area contributed by atoms with Gasteiger partial charge >= 0.3 is 0 Å². The highest BCUT2D eigenvalue weighted by Gasteiger charge is 2.19. The van der Waals surface area contributed by atoms with Crippen LogP contribution >= 0.6 is 0 Å². The molecule has 1 aliphatic carbocycles. The molecule has 0 aromatic rings. The number of hydrogen-bond acceptors (Lipinski definition) is 2. The lowest BCUT2D eigenvalue weighted by atomic mass is 9.80. The highest BCUT2D eigenvalue weighted by atomic mass is 15.2. The molecule has 0 radical (unpaired) electrons. The van der Waals surface area contributed by atoms with Crippen molar-refractivity contribution in [3.63, 3.8) is 0 Å². The first-order chi connectivity index (χ1) is 5.36. The van der Waals surface area contributed by atoms with Crippen molar-refractivity contribution in [2.24, 2.45) is 17.7 Å². The Bertz CT molecular complexity index is 102. The van der Waals surface area contributed by atoms with E-state index in [-0.39, 0.29) is 0 Å². The Morgan fingerprint density at radius 1 is 1.36 bits per heavy atom. The molecule has 0 aromatic heterocycles. The van der Waals surface area contributed by atoms with E-state index in [0.717, 1.165) is 18.4 Å². The maximum absolute atomic E-state index is 5.30. The lowest BCUT2D eigenvalue weighted by Gasteiger charge is -2.27. The van der Waals surface area contributed by atoms with Gasteiger partial charge in [0.2, 0.25) is 0 Å². The topological polar surface area (TPSA) is 38.0 Å². The van der Waals surface area contributed by atoms with Crippen LogP contribution in [-0.2, 0) is 0 Å². The summed E-state index contributed by atoms with van der Waals surface area (Å²) in [6, 6.07) is 0. The van der Waals surface area contributed by atoms with E-state index in [2.05, 4.69) is 12.3 Å². The molecule has 1 aliphatic rings. The highest BCUT2D eigenvalue weighted by Crippen LogP contribution is 2.30. The molecule has 3 N–H and O–H groups in total. The second kappa shape index (κ2) is 4.73. The fourth-order valence-electron chi connectivity index (χ4n) is 2.13. The molecule has 11 heavy (non-hydrogen) atoms. The standard InChI is InChI=1S/C9H20N2/c1-2-8-4-3-5-9(6-8)7-11-10/h8-9,11H,2-7,10H2,1H3. The lowest BCUT2D eigenvalue weighted by Crippen LogP contribution is -2.31. The van der Waals surface area contributed by atoms with Crippen LogP contribution in [0.3, 0.4) is 0 Å². The minimum atomic E-state index is 0.846. The molecule has 1 fully saturated rings. The Labute approximate surface area is 69.5 Å². The Morgan fingerprint density at radius 2 is 2.09 bits per heavy atom. The van der Waals surface area contributed by atoms with Crippen LogP contribution in [0.1, 0.15) is 39.0 Å². The van der Waals surface area contributed by atoms with E-state index in [1.165, 1.54) is 32.1 Å². The molecule has 0 aromatic carbocycles. The summed E-state index contributed by atoms with van der Waals surface area (Å²) in [5.41, 5.74) is 2.78. The fraction of sp³-hybridized carbons (Fsp3) is 1.00. The summed E-state index contributed by atoms with van der Waals surface area (Å²) >= 11 is 0. The van der Waals surface area contributed by atoms with Crippen molar-refractivity contribution < 1.29 is 0 Å². The maximum atomic E-state index is 5.30. The van der Waals surface area contributed by atoms with Gasteiger partial charge in [-0.25, -0.2) is 0 Å². The highest BCUT2D eigenvalue weighted by molar-refractivity contribution is 4.72. The second-order valence-corrected chi connectivity index (χ2v) is 3.72. The van der Waals surface area contributed by atoms with Gasteiger partial charge in [0.05, 0.1) is 0 Å². The summed E-state index contributed by atoms with van der Waals surface area (Å²) in [4.78, 5) is 0. The van der Waals surface area contributed by atoms with Crippen molar-refractivity contribution >= 4 is 0 Å². The van der Waals surface area contributed by atoms with Gasteiger partial charge in [-0.3, -0.25) is 11.3 Å². The molecule has 2 nitrogen and oxygen atoms in total. The first-order valence-corrected chi connectivity index (χ1v) is 4.80. The average Bonchev–Trinajstić information content (AvgIpc) is 2.06. The van der Waals surface area contributed by atoms with Crippen LogP contribution in [0.25, 0.3) is 0 Å². The van der Waals surface area contributed by atoms with Gasteiger partial charge < -0.3 is 0 Å². The summed E-state index contributed by atoms with van der Waals surface area (Å²) in [5, 5.41) is 0. The molecule has 0 saturated heterocycles. The minimum absolute atomic E-state index is 0.846. The van der Waals surface area contributed by atoms with E-state index < -0.39 is 0 Å². The smallest absolute Gasteiger partial charge is 0.0126 e. The van der Waals surface area contributed by atoms with Crippen molar-refractivity contribution in [2.75, 3.05) is 6.54 Å². The average molecular weight is 156 g/mol. The zero-order valence-electron chi connectivity index (χ0n) is 7.47. The first kappa shape index (κ1) is 9.01. The SMILES string of the molecule is CCC1CCCC(CNN)C1. The van der Waals surface area contributed by atoms with E-state index in [1.54, 1.807) is 0 Å². The van der Waals surface area contributed by atoms with Gasteiger partial charge in [0.15, 0.2) is 0 Å². The molecular formula is C9H20N2. The third-order valence-corrected chi connectivity index (χ3v) is 2.88. The number of nitrogens with two attached hydrogens (primary N) is 1. The summed E-state index contributed by atoms with van der Waals surface area (Å²) in [6.07, 6.45) is 6.96. The van der Waals surface area contributed by atoms with Crippen LogP contribution in [-0.4, -0.2) is 6.54 Å². The molecule has 2 unspecified atom stereocenters. The van der Waals surface area contributed by atoms with Crippen molar-refractivity contribution in [3.8, 4) is 0 Å². The quantitative estimate of drug-likeness (QED) is 0.482. The third-order valence-electron chi connectivity index (χ3n) is 2.88. The number of rotatable bonds is 3. The number of nitrogens with one attached hydrogen (secondary N) is 1. The normalized spacial score (nSPS) is 32.2. The van der Waals surface area contributed by atoms with Crippen LogP contribution in [0.15, 0.2) is 0 Å². The molecule has 2 atom stereocenters. The van der Waals surface area contributed by atoms with Crippen LogP contribution in [0, 0.1) is 11.8 Å². The monoisotopic (exact) mass is 156 g/mol. The van der Waals surface area contributed by atoms with Crippen LogP contribution in [0.2, 0.25) is 0 Å². The van der Waals surface area contributed by atoms with E-state index in [1.807, 2.05) is 0 Å². The number of hydrazine groups is 1. The van der Waals surface area contributed by atoms with Gasteiger partial charge in [0.1, 0.15) is 0 Å². The zero-order valence-corrected chi connectivity index (χ0v) is 7.47. The van der Waals surface area contributed by atoms with Gasteiger partial charge in [0.25, 0.3) is 0 Å². The molecule has 2 heteroatoms. The first-order valence-electron chi connectivity index (χ1n) is 4.80. The zero-order chi connectivity index (χ0) is 8.10. The van der Waals surface area contributed by atoms with Crippen LogP contribution < -0.4 is 11.3 Å². The van der Waals surface area contributed by atoms with E-state index >= 15 is 0 Å². The minimum Gasteiger partial charge on any atom is -0.271 e. The Morgan fingerprint density at radius 3 is 2.73 bits per heavy atom. The Balaban J connectivity index is 2.21. The molecule has 0 heterocycles. The summed E-state index contributed by atoms with van der Waals surface area (Å²) in [6.45, 7) is 3.30. The van der Waals surface area contributed by atoms with E-state index in [0.29, 0.717) is 0 Å². The molecule has 0 amide bonds. The second-order valence-electron chi connectivity index (χ2n) is 3.72. The van der Waals surface area contributed by atoms with Crippen LogP contribution in [0.4, 0.5) is 0 Å². The molecule has 1 saturated carbocycles. The Hall–Kier alpha value is -0.0800. The summed E-state index contributed by atoms with van der Waals surface area (Å²) < 4.78 is 0. The van der Waals surface area contributed by atoms with Crippen LogP contribution in [0.5, 0.6) is 0 Å². The Kier molecular flexibility index (Phi) is 3.87. The van der Waals surface area contributed by atoms with E-state index in [4.69, 9.17) is 5.84 Å². The largest absolute Gasteiger partial charge is 0.271 e. The van der Waals surface area contributed by atoms with Gasteiger partial charge in [0, 0.05) is 6.54 Å². The summed E-state index contributed by atoms with van der Waals surface area (Å²) in [7, 11) is 0. The maximum Gasteiger partial charge on any atom is 0.0126 e. The van der Waals surface area contributed by atoms with Gasteiger partial charge in [-0.05, 0) is 24.7 Å². The van der Waals surface area contributed by atoms with Gasteiger partial charge in [-0.15, -0.1) is 0 Å². The third kappa shape index (κ3) is 2.80. The summed E-state index contributed by atoms with van der Waals surface area (Å²) in [5.74, 6) is 7.12. The molecule has 0 bridgehead atoms. The molecule has 0 aliphatic heterocycles. The fourth-order valence-corrected chi connectivity index (χ4v) is 2.13.